The quantitative estimate of drug-likeness (QED) is 0.335. The summed E-state index contributed by atoms with van der Waals surface area (Å²) >= 11 is 0. The molecule has 0 aromatic rings. The van der Waals surface area contributed by atoms with Gasteiger partial charge in [0.25, 0.3) is 5.91 Å². The summed E-state index contributed by atoms with van der Waals surface area (Å²) in [6, 6.07) is -2.57. The molecule has 0 unspecified atom stereocenters. The molecule has 1 fully saturated rings. The van der Waals surface area contributed by atoms with Crippen molar-refractivity contribution in [2.24, 2.45) is 5.73 Å². The van der Waals surface area contributed by atoms with Gasteiger partial charge in [-0.05, 0) is 20.8 Å². The van der Waals surface area contributed by atoms with Crippen LogP contribution < -0.4 is 11.1 Å². The van der Waals surface area contributed by atoms with Gasteiger partial charge < -0.3 is 15.8 Å². The Morgan fingerprint density at radius 1 is 1.41 bits per heavy atom. The number of nitrogens with zero attached hydrogens (tertiary/aromatic N) is 1. The van der Waals surface area contributed by atoms with Gasteiger partial charge in [-0.2, -0.15) is 8.42 Å². The van der Waals surface area contributed by atoms with Gasteiger partial charge in [-0.25, -0.2) is 9.10 Å². The van der Waals surface area contributed by atoms with E-state index in [1.807, 2.05) is 0 Å². The van der Waals surface area contributed by atoms with Crippen molar-refractivity contribution in [2.45, 2.75) is 38.5 Å². The number of β-lactam (4-membered cyclic amide) rings is 1. The highest BCUT2D eigenvalue weighted by Crippen LogP contribution is 2.25. The van der Waals surface area contributed by atoms with Gasteiger partial charge in [0.2, 0.25) is 5.91 Å². The summed E-state index contributed by atoms with van der Waals surface area (Å²) in [7, 11) is -4.83. The van der Waals surface area contributed by atoms with Crippen molar-refractivity contribution < 1.29 is 32.1 Å². The summed E-state index contributed by atoms with van der Waals surface area (Å²) < 4.78 is 36.2. The molecule has 1 aliphatic rings. The number of ether oxygens (including phenoxy) is 1. The van der Waals surface area contributed by atoms with E-state index in [4.69, 9.17) is 15.0 Å². The van der Waals surface area contributed by atoms with Gasteiger partial charge in [0.15, 0.2) is 0 Å². The van der Waals surface area contributed by atoms with E-state index in [1.54, 1.807) is 20.8 Å². The minimum Gasteiger partial charge on any atom is -0.444 e. The Bertz CT molecular complexity index is 620. The van der Waals surface area contributed by atoms with Crippen LogP contribution in [-0.4, -0.2) is 52.9 Å². The van der Waals surface area contributed by atoms with Gasteiger partial charge >= 0.3 is 16.4 Å². The molecule has 1 aliphatic heterocycles. The van der Waals surface area contributed by atoms with Crippen molar-refractivity contribution in [3.05, 3.63) is 12.2 Å². The lowest BCUT2D eigenvalue weighted by Gasteiger charge is -2.42. The van der Waals surface area contributed by atoms with Gasteiger partial charge in [0.05, 0.1) is 6.04 Å². The molecule has 22 heavy (non-hydrogen) atoms. The molecule has 0 aromatic heterocycles. The topological polar surface area (TPSA) is 156 Å². The molecule has 0 saturated carbocycles. The van der Waals surface area contributed by atoms with Gasteiger partial charge in [-0.3, -0.25) is 14.1 Å². The lowest BCUT2D eigenvalue weighted by molar-refractivity contribution is -0.140. The van der Waals surface area contributed by atoms with Crippen LogP contribution in [0.2, 0.25) is 0 Å². The monoisotopic (exact) mass is 335 g/mol. The average molecular weight is 335 g/mol. The maximum atomic E-state index is 11.7. The summed E-state index contributed by atoms with van der Waals surface area (Å²) in [5, 5.41) is 2.17. The number of alkyl carbamates (subject to hydrolysis) is 1. The predicted molar refractivity (Wildman–Crippen MR) is 73.7 cm³/mol. The second-order valence-electron chi connectivity index (χ2n) is 5.49. The van der Waals surface area contributed by atoms with E-state index in [0.29, 0.717) is 0 Å². The Morgan fingerprint density at radius 2 is 1.95 bits per heavy atom. The fourth-order valence-electron chi connectivity index (χ4n) is 1.72. The Labute approximate surface area is 127 Å². The first-order valence-electron chi connectivity index (χ1n) is 6.11. The third-order valence-electron chi connectivity index (χ3n) is 2.47. The van der Waals surface area contributed by atoms with Crippen molar-refractivity contribution in [3.63, 3.8) is 0 Å². The number of rotatable bonds is 4. The zero-order valence-corrected chi connectivity index (χ0v) is 13.0. The maximum absolute atomic E-state index is 11.7. The first-order chi connectivity index (χ1) is 9.83. The Kier molecular flexibility index (Phi) is 4.82. The minimum absolute atomic E-state index is 0.120. The van der Waals surface area contributed by atoms with Crippen LogP contribution in [0, 0.1) is 0 Å². The van der Waals surface area contributed by atoms with Crippen molar-refractivity contribution in [2.75, 3.05) is 0 Å². The SMILES string of the molecule is CC(C)(C)OC(=O)N[C@H]1C(=O)N(S(=O)(=O)O)[C@@H]1C=CC(N)=O. The fraction of sp³-hybridized carbons (Fsp3) is 0.545. The molecule has 3 amide bonds. The van der Waals surface area contributed by atoms with Crippen LogP contribution in [0.1, 0.15) is 20.8 Å². The van der Waals surface area contributed by atoms with E-state index < -0.39 is 45.9 Å². The van der Waals surface area contributed by atoms with E-state index in [1.165, 1.54) is 0 Å². The highest BCUT2D eigenvalue weighted by Gasteiger charge is 2.53. The molecule has 11 heteroatoms. The zero-order valence-electron chi connectivity index (χ0n) is 12.1. The van der Waals surface area contributed by atoms with E-state index in [0.717, 1.165) is 12.2 Å². The smallest absolute Gasteiger partial charge is 0.408 e. The van der Waals surface area contributed by atoms with Gasteiger partial charge in [0.1, 0.15) is 11.6 Å². The second kappa shape index (κ2) is 5.93. The highest BCUT2D eigenvalue weighted by atomic mass is 32.2. The van der Waals surface area contributed by atoms with Crippen LogP contribution in [0.3, 0.4) is 0 Å². The lowest BCUT2D eigenvalue weighted by atomic mass is 9.98. The number of hydrogen-bond acceptors (Lipinski definition) is 6. The van der Waals surface area contributed by atoms with Crippen molar-refractivity contribution in [1.29, 1.82) is 0 Å². The molecule has 0 spiro atoms. The standard InChI is InChI=1S/C11H17N3O7S/c1-11(2,3)21-10(17)13-8-6(4-5-7(12)15)14(9(8)16)22(18,19)20/h4-6,8H,1-3H3,(H2,12,15)(H,13,17)(H,18,19,20)/t6-,8-/m1/s1. The first kappa shape index (κ1) is 17.9. The summed E-state index contributed by atoms with van der Waals surface area (Å²) in [5.74, 6) is -1.95. The molecular formula is C11H17N3O7S. The second-order valence-corrected chi connectivity index (χ2v) is 6.78. The third kappa shape index (κ3) is 4.43. The maximum Gasteiger partial charge on any atom is 0.408 e. The number of primary amides is 1. The number of carbonyl (C=O) groups is 3. The predicted octanol–water partition coefficient (Wildman–Crippen LogP) is -1.07. The van der Waals surface area contributed by atoms with Gasteiger partial charge in [-0.1, -0.05) is 6.08 Å². The molecule has 2 atom stereocenters. The summed E-state index contributed by atoms with van der Waals surface area (Å²) in [6.45, 7) is 4.80. The highest BCUT2D eigenvalue weighted by molar-refractivity contribution is 7.84. The number of carbonyl (C=O) groups excluding carboxylic acids is 3. The first-order valence-corrected chi connectivity index (χ1v) is 7.50. The Morgan fingerprint density at radius 3 is 2.36 bits per heavy atom. The van der Waals surface area contributed by atoms with Crippen LogP contribution in [0.5, 0.6) is 0 Å². The van der Waals surface area contributed by atoms with Crippen molar-refractivity contribution >= 4 is 28.2 Å². The number of amides is 3. The van der Waals surface area contributed by atoms with Crippen LogP contribution in [0.4, 0.5) is 4.79 Å². The molecular weight excluding hydrogens is 318 g/mol. The summed E-state index contributed by atoms with van der Waals surface area (Å²) in [5.41, 5.74) is 4.06. The minimum atomic E-state index is -4.83. The molecule has 0 aliphatic carbocycles. The van der Waals surface area contributed by atoms with E-state index >= 15 is 0 Å². The molecule has 124 valence electrons. The largest absolute Gasteiger partial charge is 0.444 e. The molecule has 4 N–H and O–H groups in total. The zero-order chi connectivity index (χ0) is 17.3. The van der Waals surface area contributed by atoms with Crippen molar-refractivity contribution in [1.82, 2.24) is 9.62 Å². The molecule has 0 bridgehead atoms. The molecule has 1 rings (SSSR count). The Balaban J connectivity index is 2.91. The third-order valence-corrected chi connectivity index (χ3v) is 3.39. The van der Waals surface area contributed by atoms with Crippen LogP contribution in [-0.2, 0) is 24.6 Å². The van der Waals surface area contributed by atoms with E-state index in [-0.39, 0.29) is 4.31 Å². The van der Waals surface area contributed by atoms with Crippen LogP contribution >= 0.6 is 0 Å². The molecule has 1 heterocycles. The number of hydrogen-bond donors (Lipinski definition) is 3. The number of nitrogens with one attached hydrogen (secondary N) is 1. The van der Waals surface area contributed by atoms with Crippen LogP contribution in [0.15, 0.2) is 12.2 Å². The van der Waals surface area contributed by atoms with Gasteiger partial charge in [0, 0.05) is 6.08 Å². The Hall–Kier alpha value is -2.14. The fourth-order valence-corrected chi connectivity index (χ4v) is 2.56. The summed E-state index contributed by atoms with van der Waals surface area (Å²) in [6.07, 6.45) is 0.858. The van der Waals surface area contributed by atoms with E-state index in [9.17, 15) is 22.8 Å². The van der Waals surface area contributed by atoms with Gasteiger partial charge in [-0.15, -0.1) is 0 Å². The summed E-state index contributed by atoms with van der Waals surface area (Å²) in [4.78, 5) is 34.1. The molecule has 0 radical (unpaired) electrons. The average Bonchev–Trinajstić information content (AvgIpc) is 2.26. The normalized spacial score (nSPS) is 22.4. The van der Waals surface area contributed by atoms with E-state index in [2.05, 4.69) is 5.32 Å². The molecule has 1 saturated heterocycles. The van der Waals surface area contributed by atoms with Crippen LogP contribution in [0.25, 0.3) is 0 Å². The lowest BCUT2D eigenvalue weighted by Crippen LogP contribution is -2.71. The molecule has 10 nitrogen and oxygen atoms in total. The molecule has 0 aromatic carbocycles. The van der Waals surface area contributed by atoms with Crippen molar-refractivity contribution in [3.8, 4) is 0 Å². The number of nitrogens with two attached hydrogens (primary N) is 1.